The monoisotopic (exact) mass is 402 g/mol. The predicted octanol–water partition coefficient (Wildman–Crippen LogP) is -0.994. The lowest BCUT2D eigenvalue weighted by molar-refractivity contribution is -0.148. The minimum atomic E-state index is -1.33. The van der Waals surface area contributed by atoms with E-state index in [9.17, 15) is 20.1 Å². The molecule has 0 spiro atoms. The highest BCUT2D eigenvalue weighted by Crippen LogP contribution is 2.40. The average molecular weight is 402 g/mol. The number of aliphatic hydroxyl groups is 2. The number of nitrogens with zero attached hydrogens (tertiary/aromatic N) is 3. The first-order valence-corrected chi connectivity index (χ1v) is 9.22. The number of aliphatic carboxylic acids is 1. The summed E-state index contributed by atoms with van der Waals surface area (Å²) in [6, 6.07) is -1.28. The second kappa shape index (κ2) is 8.12. The number of carboxylic acid groups (broad SMARTS) is 1. The maximum atomic E-state index is 11.2. The van der Waals surface area contributed by atoms with E-state index in [2.05, 4.69) is 15.4 Å². The summed E-state index contributed by atoms with van der Waals surface area (Å²) >= 11 is 1.45. The van der Waals surface area contributed by atoms with Crippen molar-refractivity contribution in [1.82, 2.24) is 15.4 Å². The van der Waals surface area contributed by atoms with Crippen molar-refractivity contribution in [2.75, 3.05) is 23.1 Å². The van der Waals surface area contributed by atoms with Gasteiger partial charge in [-0.15, -0.1) is 0 Å². The molecule has 0 radical (unpaired) electrons. The zero-order valence-electron chi connectivity index (χ0n) is 15.8. The summed E-state index contributed by atoms with van der Waals surface area (Å²) in [5, 5.41) is 29.9. The molecule has 12 heteroatoms. The van der Waals surface area contributed by atoms with Gasteiger partial charge in [-0.1, -0.05) is 25.6 Å². The number of nitrogens with two attached hydrogens (primary N) is 1. The van der Waals surface area contributed by atoms with Crippen LogP contribution >= 0.6 is 11.8 Å². The summed E-state index contributed by atoms with van der Waals surface area (Å²) in [4.78, 5) is 27.0. The maximum Gasteiger partial charge on any atom is 0.323 e. The molecule has 3 rings (SSSR count). The van der Waals surface area contributed by atoms with Gasteiger partial charge in [0.15, 0.2) is 12.0 Å². The van der Waals surface area contributed by atoms with Gasteiger partial charge in [0.05, 0.1) is 17.4 Å². The van der Waals surface area contributed by atoms with Gasteiger partial charge in [-0.25, -0.2) is 4.98 Å². The van der Waals surface area contributed by atoms with Gasteiger partial charge < -0.3 is 30.7 Å². The molecule has 0 saturated carbocycles. The van der Waals surface area contributed by atoms with Crippen molar-refractivity contribution in [1.29, 1.82) is 0 Å². The molecule has 11 nitrogen and oxygen atoms in total. The van der Waals surface area contributed by atoms with Crippen LogP contribution in [0.4, 0.5) is 11.8 Å². The Bertz CT molecular complexity index is 737. The topological polar surface area (TPSA) is 163 Å². The molecule has 150 valence electrons. The number of nitrogens with one attached hydrogen (secondary N) is 1. The van der Waals surface area contributed by atoms with Gasteiger partial charge in [0.25, 0.3) is 0 Å². The van der Waals surface area contributed by atoms with E-state index in [0.29, 0.717) is 11.7 Å². The van der Waals surface area contributed by atoms with Crippen molar-refractivity contribution in [3.63, 3.8) is 0 Å². The number of carboxylic acids is 1. The third-order valence-corrected chi connectivity index (χ3v) is 5.31. The van der Waals surface area contributed by atoms with E-state index in [4.69, 9.17) is 16.7 Å². The number of carbonyl (C=O) groups is 1. The molecule has 1 unspecified atom stereocenters. The van der Waals surface area contributed by atoms with Gasteiger partial charge in [-0.3, -0.25) is 9.63 Å². The van der Waals surface area contributed by atoms with Crippen LogP contribution in [0.2, 0.25) is 0 Å². The van der Waals surface area contributed by atoms with E-state index in [1.54, 1.807) is 11.1 Å². The molecule has 2 aliphatic heterocycles. The molecule has 0 amide bonds. The van der Waals surface area contributed by atoms with Crippen LogP contribution in [-0.4, -0.2) is 74.3 Å². The number of nitrogen functional groups attached to an aromatic ring is 1. The first-order chi connectivity index (χ1) is 13.1. The van der Waals surface area contributed by atoms with Crippen LogP contribution in [0.1, 0.15) is 15.2 Å². The first-order valence-electron chi connectivity index (χ1n) is 8.73. The van der Waals surface area contributed by atoms with Gasteiger partial charge in [-0.2, -0.15) is 10.5 Å². The van der Waals surface area contributed by atoms with Crippen LogP contribution in [0.5, 0.6) is 0 Å². The van der Waals surface area contributed by atoms with Crippen molar-refractivity contribution in [3.05, 3.63) is 6.20 Å². The van der Waals surface area contributed by atoms with E-state index in [-0.39, 0.29) is 12.6 Å². The zero-order chi connectivity index (χ0) is 20.6. The van der Waals surface area contributed by atoms with Crippen LogP contribution in [0.15, 0.2) is 11.1 Å². The molecular weight excluding hydrogens is 378 g/mol. The summed E-state index contributed by atoms with van der Waals surface area (Å²) < 4.78 is 13.6. The lowest BCUT2D eigenvalue weighted by Gasteiger charge is -2.27. The molecule has 1 saturated heterocycles. The number of anilines is 2. The van der Waals surface area contributed by atoms with E-state index < -0.39 is 42.4 Å². The standard InChI is InChI=1S/C15H23N5O6S/c1-6(2)9(14(23)24)19-25-4-7-10(21)11(22)13(26-7)20-5-27-8-3-17-15(16)18-12(8)20/h3,6-7,9-11,13,19,21-22H,4-5H2,1-2H3,(H,23,24)(H2,16,17,18)/t7-,9+,10-,11-,13?/m1/s1/i6D. The fraction of sp³-hybridized carbons (Fsp3) is 0.667. The number of fused-ring (bicyclic) bond motifs is 1. The number of hydroxylamine groups is 1. The normalized spacial score (nSPS) is 29.5. The Labute approximate surface area is 161 Å². The second-order valence-electron chi connectivity index (χ2n) is 6.48. The predicted molar refractivity (Wildman–Crippen MR) is 95.7 cm³/mol. The minimum Gasteiger partial charge on any atom is -0.480 e. The fourth-order valence-electron chi connectivity index (χ4n) is 2.83. The largest absolute Gasteiger partial charge is 0.480 e. The van der Waals surface area contributed by atoms with E-state index in [1.807, 2.05) is 0 Å². The fourth-order valence-corrected chi connectivity index (χ4v) is 3.80. The Morgan fingerprint density at radius 3 is 3.00 bits per heavy atom. The summed E-state index contributed by atoms with van der Waals surface area (Å²) in [5.41, 5.74) is 7.95. The van der Waals surface area contributed by atoms with Gasteiger partial charge >= 0.3 is 5.97 Å². The molecular formula is C15H23N5O6S. The third-order valence-electron chi connectivity index (χ3n) is 4.30. The van der Waals surface area contributed by atoms with Crippen molar-refractivity contribution in [3.8, 4) is 0 Å². The highest BCUT2D eigenvalue weighted by atomic mass is 32.2. The smallest absolute Gasteiger partial charge is 0.323 e. The van der Waals surface area contributed by atoms with Crippen molar-refractivity contribution in [2.45, 2.75) is 49.3 Å². The number of ether oxygens (including phenoxy) is 1. The molecule has 0 aliphatic carbocycles. The molecule has 27 heavy (non-hydrogen) atoms. The highest BCUT2D eigenvalue weighted by molar-refractivity contribution is 7.99. The Balaban J connectivity index is 1.63. The number of hydrogen-bond acceptors (Lipinski definition) is 11. The summed E-state index contributed by atoms with van der Waals surface area (Å²) in [7, 11) is 0. The maximum absolute atomic E-state index is 11.2. The molecule has 1 aromatic rings. The van der Waals surface area contributed by atoms with E-state index >= 15 is 0 Å². The lowest BCUT2D eigenvalue weighted by Crippen LogP contribution is -2.44. The molecule has 3 heterocycles. The SMILES string of the molecule is [2H]C(C)(C)[C@H](NOC[C@H]1OC(N2CSc3cnc(N)nc32)[C@H](O)[C@@H]1O)C(=O)O. The number of aromatic nitrogens is 2. The van der Waals surface area contributed by atoms with Crippen LogP contribution < -0.4 is 16.1 Å². The molecule has 6 N–H and O–H groups in total. The number of thioether (sulfide) groups is 1. The van der Waals surface area contributed by atoms with Gasteiger partial charge in [0.1, 0.15) is 24.4 Å². The number of hydrogen-bond donors (Lipinski definition) is 5. The Morgan fingerprint density at radius 2 is 2.33 bits per heavy atom. The van der Waals surface area contributed by atoms with E-state index in [1.165, 1.54) is 25.6 Å². The lowest BCUT2D eigenvalue weighted by atomic mass is 10.1. The van der Waals surface area contributed by atoms with Crippen LogP contribution in [0.25, 0.3) is 0 Å². The zero-order valence-corrected chi connectivity index (χ0v) is 15.6. The minimum absolute atomic E-state index is 0.0843. The van der Waals surface area contributed by atoms with E-state index in [0.717, 1.165) is 4.90 Å². The first kappa shape index (κ1) is 18.7. The second-order valence-corrected chi connectivity index (χ2v) is 7.47. The van der Waals surface area contributed by atoms with Crippen molar-refractivity contribution < 1.29 is 31.1 Å². The van der Waals surface area contributed by atoms with Crippen LogP contribution in [0.3, 0.4) is 0 Å². The molecule has 2 aliphatic rings. The Morgan fingerprint density at radius 1 is 1.59 bits per heavy atom. The van der Waals surface area contributed by atoms with Crippen molar-refractivity contribution >= 4 is 29.5 Å². The summed E-state index contributed by atoms with van der Waals surface area (Å²) in [6.07, 6.45) is -2.70. The van der Waals surface area contributed by atoms with Gasteiger partial charge in [-0.05, 0) is 5.89 Å². The molecule has 1 fully saturated rings. The van der Waals surface area contributed by atoms with Gasteiger partial charge in [0.2, 0.25) is 5.95 Å². The highest BCUT2D eigenvalue weighted by Gasteiger charge is 2.47. The number of aliphatic hydroxyl groups excluding tert-OH is 2. The summed E-state index contributed by atoms with van der Waals surface area (Å²) in [6.45, 7) is 2.63. The molecule has 0 bridgehead atoms. The van der Waals surface area contributed by atoms with Crippen LogP contribution in [-0.2, 0) is 14.4 Å². The quantitative estimate of drug-likeness (QED) is 0.354. The van der Waals surface area contributed by atoms with Gasteiger partial charge in [0, 0.05) is 7.57 Å². The Hall–Kier alpha value is -1.70. The summed E-state index contributed by atoms with van der Waals surface area (Å²) in [5.74, 6) is -1.55. The van der Waals surface area contributed by atoms with Crippen molar-refractivity contribution in [2.24, 2.45) is 5.89 Å². The number of rotatable bonds is 7. The molecule has 1 aromatic heterocycles. The van der Waals surface area contributed by atoms with Crippen LogP contribution in [0, 0.1) is 5.89 Å². The third kappa shape index (κ3) is 4.10. The molecule has 0 aromatic carbocycles. The average Bonchev–Trinajstić information content (AvgIpc) is 3.12. The molecule has 5 atom stereocenters. The Kier molecular flexibility index (Phi) is 5.61.